The number of nitrogens with zero attached hydrogens (tertiary/aromatic N) is 1. The van der Waals surface area contributed by atoms with Crippen LogP contribution in [0.25, 0.3) is 10.8 Å². The number of sulfonamides is 1. The van der Waals surface area contributed by atoms with E-state index in [1.165, 1.54) is 0 Å². The fourth-order valence-corrected chi connectivity index (χ4v) is 13.2. The van der Waals surface area contributed by atoms with Gasteiger partial charge in [-0.15, -0.1) is 0 Å². The standard InChI is InChI=1S/C34H38NO3PS/c1-5-35(31-24-26-22-23-34(31,4)33(26,2)3)40(37,38)30-21-20-25-14-12-13-19-29(25)32(30)39(36,27-15-8-6-9-16-27)28-17-10-7-11-18-28/h6-21,26,31H,5,22-24H2,1-4H3/t26-,31-,34+/m1/s1. The van der Waals surface area contributed by atoms with Gasteiger partial charge in [0.25, 0.3) is 0 Å². The molecule has 0 heterocycles. The molecule has 4 nitrogen and oxygen atoms in total. The minimum Gasteiger partial charge on any atom is -0.309 e. The van der Waals surface area contributed by atoms with Gasteiger partial charge in [-0.3, -0.25) is 0 Å². The second-order valence-corrected chi connectivity index (χ2v) is 16.8. The van der Waals surface area contributed by atoms with E-state index in [1.54, 1.807) is 10.4 Å². The maximum atomic E-state index is 15.7. The summed E-state index contributed by atoms with van der Waals surface area (Å²) in [4.78, 5) is 0.160. The molecule has 0 N–H and O–H groups in total. The summed E-state index contributed by atoms with van der Waals surface area (Å²) in [5, 5.41) is 3.26. The zero-order valence-electron chi connectivity index (χ0n) is 23.7. The molecular formula is C34H38NO3PS. The summed E-state index contributed by atoms with van der Waals surface area (Å²) in [6.07, 6.45) is 3.04. The van der Waals surface area contributed by atoms with E-state index in [0.29, 0.717) is 28.4 Å². The highest BCUT2D eigenvalue weighted by molar-refractivity contribution is 7.92. The van der Waals surface area contributed by atoms with Crippen LogP contribution >= 0.6 is 7.14 Å². The minimum atomic E-state index is -4.01. The smallest absolute Gasteiger partial charge is 0.244 e. The summed E-state index contributed by atoms with van der Waals surface area (Å²) in [7, 11) is -7.60. The summed E-state index contributed by atoms with van der Waals surface area (Å²) >= 11 is 0. The molecule has 2 bridgehead atoms. The van der Waals surface area contributed by atoms with Gasteiger partial charge in [0.15, 0.2) is 7.14 Å². The monoisotopic (exact) mass is 571 g/mol. The molecule has 0 saturated heterocycles. The Morgan fingerprint density at radius 1 is 0.825 bits per heavy atom. The van der Waals surface area contributed by atoms with Gasteiger partial charge in [0.2, 0.25) is 10.0 Å². The van der Waals surface area contributed by atoms with Crippen LogP contribution in [0.2, 0.25) is 0 Å². The Kier molecular flexibility index (Phi) is 6.65. The lowest BCUT2D eigenvalue weighted by Gasteiger charge is -2.43. The second kappa shape index (κ2) is 9.69. The Morgan fingerprint density at radius 3 is 1.93 bits per heavy atom. The molecule has 2 aliphatic rings. The Hall–Kier alpha value is -2.72. The number of benzene rings is 4. The van der Waals surface area contributed by atoms with Crippen LogP contribution in [0.5, 0.6) is 0 Å². The van der Waals surface area contributed by atoms with Crippen LogP contribution in [0.15, 0.2) is 102 Å². The van der Waals surface area contributed by atoms with E-state index in [9.17, 15) is 8.42 Å². The molecule has 2 aliphatic carbocycles. The van der Waals surface area contributed by atoms with Crippen molar-refractivity contribution in [3.63, 3.8) is 0 Å². The van der Waals surface area contributed by atoms with Crippen molar-refractivity contribution in [1.82, 2.24) is 4.31 Å². The van der Waals surface area contributed by atoms with Crippen molar-refractivity contribution < 1.29 is 13.0 Å². The highest BCUT2D eigenvalue weighted by Gasteiger charge is 2.64. The molecule has 4 aromatic rings. The van der Waals surface area contributed by atoms with Crippen molar-refractivity contribution in [2.24, 2.45) is 16.7 Å². The molecule has 40 heavy (non-hydrogen) atoms. The normalized spacial score (nSPS) is 24.1. The molecular weight excluding hydrogens is 533 g/mol. The van der Waals surface area contributed by atoms with Crippen LogP contribution in [0.4, 0.5) is 0 Å². The molecule has 0 spiro atoms. The summed E-state index contributed by atoms with van der Waals surface area (Å²) in [5.41, 5.74) is -0.0451. The molecule has 0 aliphatic heterocycles. The van der Waals surface area contributed by atoms with Crippen molar-refractivity contribution >= 4 is 43.9 Å². The first-order valence-electron chi connectivity index (χ1n) is 14.3. The van der Waals surface area contributed by atoms with Crippen LogP contribution in [-0.4, -0.2) is 25.3 Å². The lowest BCUT2D eigenvalue weighted by atomic mass is 9.69. The number of hydrogen-bond acceptors (Lipinski definition) is 3. The molecule has 0 unspecified atom stereocenters. The zero-order valence-corrected chi connectivity index (χ0v) is 25.5. The average Bonchev–Trinajstić information content (AvgIpc) is 3.31. The van der Waals surface area contributed by atoms with Gasteiger partial charge in [-0.1, -0.05) is 119 Å². The molecule has 0 amide bonds. The molecule has 2 saturated carbocycles. The van der Waals surface area contributed by atoms with E-state index in [4.69, 9.17) is 0 Å². The third kappa shape index (κ3) is 3.81. The lowest BCUT2D eigenvalue weighted by Crippen LogP contribution is -2.50. The first-order valence-corrected chi connectivity index (χ1v) is 17.5. The Balaban J connectivity index is 1.64. The van der Waals surface area contributed by atoms with Gasteiger partial charge < -0.3 is 4.57 Å². The third-order valence-electron chi connectivity index (χ3n) is 10.4. The topological polar surface area (TPSA) is 54.5 Å². The predicted octanol–water partition coefficient (Wildman–Crippen LogP) is 6.70. The maximum Gasteiger partial charge on any atom is 0.244 e. The largest absolute Gasteiger partial charge is 0.309 e. The zero-order chi connectivity index (χ0) is 28.3. The summed E-state index contributed by atoms with van der Waals surface area (Å²) in [6, 6.07) is 30.0. The average molecular weight is 572 g/mol. The fourth-order valence-electron chi connectivity index (χ4n) is 7.73. The molecule has 2 fully saturated rings. The molecule has 0 radical (unpaired) electrons. The van der Waals surface area contributed by atoms with Crippen LogP contribution in [-0.2, 0) is 14.6 Å². The lowest BCUT2D eigenvalue weighted by molar-refractivity contribution is 0.0870. The maximum absolute atomic E-state index is 15.7. The van der Waals surface area contributed by atoms with Crippen LogP contribution in [0.1, 0.15) is 47.0 Å². The minimum absolute atomic E-state index is 0.0657. The number of fused-ring (bicyclic) bond motifs is 3. The molecule has 3 atom stereocenters. The first-order chi connectivity index (χ1) is 19.1. The SMILES string of the molecule is CCN([C@@H]1C[C@H]2CC[C@]1(C)C2(C)C)S(=O)(=O)c1ccc2ccccc2c1P(=O)(c1ccccc1)c1ccccc1. The van der Waals surface area contributed by atoms with E-state index >= 15 is 4.57 Å². The molecule has 6 heteroatoms. The van der Waals surface area contributed by atoms with Crippen molar-refractivity contribution in [3.05, 3.63) is 97.1 Å². The van der Waals surface area contributed by atoms with Gasteiger partial charge in [-0.2, -0.15) is 4.31 Å². The number of hydrogen-bond donors (Lipinski definition) is 0. The summed E-state index contributed by atoms with van der Waals surface area (Å²) in [5.74, 6) is 0.502. The van der Waals surface area contributed by atoms with Gasteiger partial charge >= 0.3 is 0 Å². The van der Waals surface area contributed by atoms with Gasteiger partial charge in [-0.05, 0) is 52.8 Å². The van der Waals surface area contributed by atoms with Gasteiger partial charge in [0, 0.05) is 28.5 Å². The highest BCUT2D eigenvalue weighted by atomic mass is 32.2. The van der Waals surface area contributed by atoms with E-state index < -0.39 is 17.2 Å². The van der Waals surface area contributed by atoms with Crippen molar-refractivity contribution in [2.75, 3.05) is 6.54 Å². The molecule has 208 valence electrons. The van der Waals surface area contributed by atoms with Crippen LogP contribution in [0, 0.1) is 16.7 Å². The second-order valence-electron chi connectivity index (χ2n) is 12.2. The molecule has 0 aromatic heterocycles. The number of rotatable bonds is 7. The van der Waals surface area contributed by atoms with Gasteiger partial charge in [0.1, 0.15) is 0 Å². The third-order valence-corrected chi connectivity index (χ3v) is 15.8. The van der Waals surface area contributed by atoms with E-state index in [2.05, 4.69) is 20.8 Å². The Bertz CT molecular complexity index is 1670. The fraction of sp³-hybridized carbons (Fsp3) is 0.353. The summed E-state index contributed by atoms with van der Waals surface area (Å²) < 4.78 is 47.4. The van der Waals surface area contributed by atoms with Crippen molar-refractivity contribution in [3.8, 4) is 0 Å². The van der Waals surface area contributed by atoms with Crippen molar-refractivity contribution in [1.29, 1.82) is 0 Å². The van der Waals surface area contributed by atoms with E-state index in [-0.39, 0.29) is 21.8 Å². The van der Waals surface area contributed by atoms with Crippen molar-refractivity contribution in [2.45, 2.75) is 57.9 Å². The molecule has 6 rings (SSSR count). The molecule has 4 aromatic carbocycles. The quantitative estimate of drug-likeness (QED) is 0.232. The Labute approximate surface area is 238 Å². The van der Waals surface area contributed by atoms with Gasteiger partial charge in [-0.25, -0.2) is 8.42 Å². The summed E-state index contributed by atoms with van der Waals surface area (Å²) in [6.45, 7) is 9.22. The van der Waals surface area contributed by atoms with Crippen LogP contribution in [0.3, 0.4) is 0 Å². The van der Waals surface area contributed by atoms with Gasteiger partial charge in [0.05, 0.1) is 4.90 Å². The predicted molar refractivity (Wildman–Crippen MR) is 166 cm³/mol. The highest BCUT2D eigenvalue weighted by Crippen LogP contribution is 2.67. The van der Waals surface area contributed by atoms with E-state index in [1.807, 2.05) is 97.9 Å². The first kappa shape index (κ1) is 27.4. The van der Waals surface area contributed by atoms with Crippen LogP contribution < -0.4 is 15.9 Å². The Morgan fingerprint density at radius 2 is 1.40 bits per heavy atom. The van der Waals surface area contributed by atoms with E-state index in [0.717, 1.165) is 30.0 Å².